The number of hydrogen-bond donors (Lipinski definition) is 0. The molecule has 1 aromatic rings. The van der Waals surface area contributed by atoms with Gasteiger partial charge in [-0.25, -0.2) is 0 Å². The van der Waals surface area contributed by atoms with Gasteiger partial charge in [0.1, 0.15) is 0 Å². The molecule has 0 amide bonds. The molecule has 1 rings (SSSR count). The third kappa shape index (κ3) is 3.18. The van der Waals surface area contributed by atoms with E-state index in [4.69, 9.17) is 0 Å². The minimum Gasteiger partial charge on any atom is -0.294 e. The van der Waals surface area contributed by atoms with Gasteiger partial charge in [0.25, 0.3) is 0 Å². The highest BCUT2D eigenvalue weighted by molar-refractivity contribution is 5.97. The lowest BCUT2D eigenvalue weighted by molar-refractivity contribution is 0.0927. The van der Waals surface area contributed by atoms with Gasteiger partial charge < -0.3 is 0 Å². The van der Waals surface area contributed by atoms with Gasteiger partial charge in [0.05, 0.1) is 0 Å². The number of benzene rings is 1. The summed E-state index contributed by atoms with van der Waals surface area (Å²) in [6.45, 7) is 10.7. The number of ketones is 1. The van der Waals surface area contributed by atoms with E-state index < -0.39 is 0 Å². The molecule has 0 spiro atoms. The Morgan fingerprint density at radius 3 is 2.12 bits per heavy atom. The number of Topliss-reactive ketones (excluding diaryl/α,β-unsaturated/α-hetero) is 1. The third-order valence-corrected chi connectivity index (χ3v) is 3.89. The van der Waals surface area contributed by atoms with Crippen LogP contribution in [0.2, 0.25) is 0 Å². The Labute approximate surface area is 105 Å². The van der Waals surface area contributed by atoms with Gasteiger partial charge in [0.15, 0.2) is 5.78 Å². The van der Waals surface area contributed by atoms with Crippen molar-refractivity contribution in [1.29, 1.82) is 0 Å². The Kier molecular flexibility index (Phi) is 4.50. The zero-order valence-electron chi connectivity index (χ0n) is 11.7. The van der Waals surface area contributed by atoms with E-state index in [1.54, 1.807) is 0 Å². The predicted octanol–water partition coefficient (Wildman–Crippen LogP) is 4.60. The number of carbonyl (C=O) groups is 1. The van der Waals surface area contributed by atoms with E-state index in [-0.39, 0.29) is 17.1 Å². The predicted molar refractivity (Wildman–Crippen MR) is 73.5 cm³/mol. The fourth-order valence-corrected chi connectivity index (χ4v) is 1.76. The molecule has 17 heavy (non-hydrogen) atoms. The third-order valence-electron chi connectivity index (χ3n) is 3.89. The lowest BCUT2D eigenvalue weighted by Gasteiger charge is -2.23. The molecule has 1 atom stereocenters. The normalized spacial score (nSPS) is 13.5. The molecule has 1 unspecified atom stereocenters. The second-order valence-corrected chi connectivity index (χ2v) is 5.49. The Bertz CT molecular complexity index is 373. The zero-order chi connectivity index (χ0) is 13.1. The van der Waals surface area contributed by atoms with Crippen molar-refractivity contribution in [1.82, 2.24) is 0 Å². The van der Waals surface area contributed by atoms with Crippen LogP contribution >= 0.6 is 0 Å². The molecule has 0 radical (unpaired) electrons. The van der Waals surface area contributed by atoms with Crippen LogP contribution in [0.15, 0.2) is 24.3 Å². The first-order valence-electron chi connectivity index (χ1n) is 6.57. The highest BCUT2D eigenvalue weighted by Crippen LogP contribution is 2.27. The average molecular weight is 232 g/mol. The molecule has 0 bridgehead atoms. The highest BCUT2D eigenvalue weighted by Gasteiger charge is 2.19. The molecule has 0 fully saturated rings. The van der Waals surface area contributed by atoms with Crippen LogP contribution in [0.3, 0.4) is 0 Å². The summed E-state index contributed by atoms with van der Waals surface area (Å²) < 4.78 is 0. The van der Waals surface area contributed by atoms with Crippen molar-refractivity contribution in [2.45, 2.75) is 52.9 Å². The largest absolute Gasteiger partial charge is 0.294 e. The van der Waals surface area contributed by atoms with Gasteiger partial charge in [-0.2, -0.15) is 0 Å². The minimum atomic E-state index is 0.125. The summed E-state index contributed by atoms with van der Waals surface area (Å²) in [5.41, 5.74) is 2.34. The summed E-state index contributed by atoms with van der Waals surface area (Å²) in [7, 11) is 0. The van der Waals surface area contributed by atoms with Crippen molar-refractivity contribution < 1.29 is 4.79 Å². The van der Waals surface area contributed by atoms with Crippen LogP contribution in [0, 0.1) is 5.92 Å². The first kappa shape index (κ1) is 14.0. The van der Waals surface area contributed by atoms with Gasteiger partial charge >= 0.3 is 0 Å². The van der Waals surface area contributed by atoms with Gasteiger partial charge in [0.2, 0.25) is 0 Å². The molecule has 1 heteroatoms. The van der Waals surface area contributed by atoms with Crippen molar-refractivity contribution in [2.75, 3.05) is 0 Å². The average Bonchev–Trinajstić information content (AvgIpc) is 2.37. The lowest BCUT2D eigenvalue weighted by Crippen LogP contribution is -2.16. The number of carbonyl (C=O) groups excluding carboxylic acids is 1. The minimum absolute atomic E-state index is 0.125. The molecule has 0 aliphatic rings. The van der Waals surface area contributed by atoms with Gasteiger partial charge in [-0.15, -0.1) is 0 Å². The van der Waals surface area contributed by atoms with Crippen molar-refractivity contribution in [3.8, 4) is 0 Å². The molecule has 94 valence electrons. The van der Waals surface area contributed by atoms with Crippen molar-refractivity contribution in [3.05, 3.63) is 35.4 Å². The fourth-order valence-electron chi connectivity index (χ4n) is 1.76. The highest BCUT2D eigenvalue weighted by atomic mass is 16.1. The van der Waals surface area contributed by atoms with E-state index in [9.17, 15) is 4.79 Å². The summed E-state index contributed by atoms with van der Waals surface area (Å²) in [6, 6.07) is 8.14. The van der Waals surface area contributed by atoms with Gasteiger partial charge in [-0.1, -0.05) is 58.9 Å². The van der Waals surface area contributed by atoms with Crippen LogP contribution in [0.5, 0.6) is 0 Å². The summed E-state index contributed by atoms with van der Waals surface area (Å²) in [4.78, 5) is 12.0. The van der Waals surface area contributed by atoms with Crippen LogP contribution in [-0.4, -0.2) is 5.78 Å². The Morgan fingerprint density at radius 2 is 1.71 bits per heavy atom. The molecule has 0 aliphatic heterocycles. The van der Waals surface area contributed by atoms with Crippen molar-refractivity contribution >= 4 is 5.78 Å². The molecule has 0 aromatic heterocycles. The Balaban J connectivity index is 2.92. The number of hydrogen-bond acceptors (Lipinski definition) is 1. The van der Waals surface area contributed by atoms with Gasteiger partial charge in [-0.05, 0) is 23.8 Å². The zero-order valence-corrected chi connectivity index (χ0v) is 11.7. The van der Waals surface area contributed by atoms with E-state index in [0.29, 0.717) is 0 Å². The smallest absolute Gasteiger partial charge is 0.165 e. The molecule has 0 saturated heterocycles. The summed E-state index contributed by atoms with van der Waals surface area (Å²) in [5.74, 6) is 0.383. The Hall–Kier alpha value is -1.11. The van der Waals surface area contributed by atoms with E-state index in [1.165, 1.54) is 5.56 Å². The topological polar surface area (TPSA) is 17.1 Å². The maximum absolute atomic E-state index is 12.0. The summed E-state index contributed by atoms with van der Waals surface area (Å²) >= 11 is 0. The Morgan fingerprint density at radius 1 is 1.18 bits per heavy atom. The maximum Gasteiger partial charge on any atom is 0.165 e. The summed E-state index contributed by atoms with van der Waals surface area (Å²) in [6.07, 6.45) is 2.01. The number of rotatable bonds is 5. The van der Waals surface area contributed by atoms with Crippen LogP contribution in [0.4, 0.5) is 0 Å². The van der Waals surface area contributed by atoms with E-state index >= 15 is 0 Å². The van der Waals surface area contributed by atoms with E-state index in [2.05, 4.69) is 39.8 Å². The van der Waals surface area contributed by atoms with Crippen molar-refractivity contribution in [2.24, 2.45) is 5.92 Å². The van der Waals surface area contributed by atoms with Gasteiger partial charge in [0, 0.05) is 11.5 Å². The molecule has 0 heterocycles. The maximum atomic E-state index is 12.0. The monoisotopic (exact) mass is 232 g/mol. The quantitative estimate of drug-likeness (QED) is 0.678. The molecule has 1 nitrogen and oxygen atoms in total. The SMILES string of the molecule is CCC(C)C(=O)c1ccc(C(C)(C)CC)cc1. The van der Waals surface area contributed by atoms with Gasteiger partial charge in [-0.3, -0.25) is 4.79 Å². The lowest BCUT2D eigenvalue weighted by atomic mass is 9.81. The van der Waals surface area contributed by atoms with Crippen molar-refractivity contribution in [3.63, 3.8) is 0 Å². The molecular formula is C16H24O. The first-order chi connectivity index (χ1) is 7.92. The molecule has 0 N–H and O–H groups in total. The summed E-state index contributed by atoms with van der Waals surface area (Å²) in [5, 5.41) is 0. The van der Waals surface area contributed by atoms with Crippen LogP contribution < -0.4 is 0 Å². The second kappa shape index (κ2) is 5.48. The molecule has 0 saturated carbocycles. The van der Waals surface area contributed by atoms with Crippen LogP contribution in [-0.2, 0) is 5.41 Å². The molecular weight excluding hydrogens is 208 g/mol. The first-order valence-corrected chi connectivity index (χ1v) is 6.57. The standard InChI is InChI=1S/C16H24O/c1-6-12(3)15(17)13-8-10-14(11-9-13)16(4,5)7-2/h8-12H,6-7H2,1-5H3. The molecule has 0 aliphatic carbocycles. The fraction of sp³-hybridized carbons (Fsp3) is 0.562. The van der Waals surface area contributed by atoms with E-state index in [1.807, 2.05) is 19.1 Å². The van der Waals surface area contributed by atoms with E-state index in [0.717, 1.165) is 18.4 Å². The van der Waals surface area contributed by atoms with Crippen LogP contribution in [0.25, 0.3) is 0 Å². The second-order valence-electron chi connectivity index (χ2n) is 5.49. The molecule has 1 aromatic carbocycles. The van der Waals surface area contributed by atoms with Crippen LogP contribution in [0.1, 0.15) is 63.4 Å².